The lowest BCUT2D eigenvalue weighted by Gasteiger charge is -2.19. The number of aromatic nitrogens is 1. The first kappa shape index (κ1) is 16.5. The molecule has 1 aromatic heterocycles. The van der Waals surface area contributed by atoms with Gasteiger partial charge in [-0.25, -0.2) is 0 Å². The topological polar surface area (TPSA) is 68.3 Å². The molecule has 0 saturated carbocycles. The zero-order valence-corrected chi connectivity index (χ0v) is 12.8. The lowest BCUT2D eigenvalue weighted by atomic mass is 10.2. The summed E-state index contributed by atoms with van der Waals surface area (Å²) in [6, 6.07) is 3.45. The van der Waals surface area contributed by atoms with E-state index in [1.165, 1.54) is 11.8 Å². The first-order chi connectivity index (χ1) is 9.37. The highest BCUT2D eigenvalue weighted by Crippen LogP contribution is 2.11. The Balaban J connectivity index is 2.15. The van der Waals surface area contributed by atoms with Gasteiger partial charge in [-0.3, -0.25) is 14.6 Å². The van der Waals surface area contributed by atoms with Crippen LogP contribution in [0.1, 0.15) is 27.2 Å². The van der Waals surface area contributed by atoms with E-state index < -0.39 is 5.60 Å². The van der Waals surface area contributed by atoms with Gasteiger partial charge in [-0.15, -0.1) is 0 Å². The Morgan fingerprint density at radius 1 is 1.30 bits per heavy atom. The molecule has 0 aliphatic carbocycles. The summed E-state index contributed by atoms with van der Waals surface area (Å²) in [6.45, 7) is 5.50. The van der Waals surface area contributed by atoms with Crippen LogP contribution in [0, 0.1) is 0 Å². The van der Waals surface area contributed by atoms with Gasteiger partial charge in [0.2, 0.25) is 5.91 Å². The van der Waals surface area contributed by atoms with Crippen molar-refractivity contribution in [3.05, 3.63) is 24.5 Å². The van der Waals surface area contributed by atoms with Crippen LogP contribution >= 0.6 is 11.8 Å². The second-order valence-electron chi connectivity index (χ2n) is 5.17. The number of carbonyl (C=O) groups excluding carboxylic acids is 2. The molecule has 6 heteroatoms. The van der Waals surface area contributed by atoms with Crippen molar-refractivity contribution in [3.63, 3.8) is 0 Å². The Morgan fingerprint density at radius 2 is 1.95 bits per heavy atom. The quantitative estimate of drug-likeness (QED) is 0.645. The van der Waals surface area contributed by atoms with Gasteiger partial charge in [-0.1, -0.05) is 0 Å². The molecule has 1 rings (SSSR count). The standard InChI is InChI=1S/C14H20N2O3S/c1-14(2,3)19-13(18)6-9-20-10-12(17)16-11-4-7-15-8-5-11/h4-5,7-8H,6,9-10H2,1-3H3,(H,15,16,17). The van der Waals surface area contributed by atoms with Gasteiger partial charge in [0.1, 0.15) is 5.60 Å². The summed E-state index contributed by atoms with van der Waals surface area (Å²) in [6.07, 6.45) is 3.54. The molecule has 0 spiro atoms. The monoisotopic (exact) mass is 296 g/mol. The molecule has 110 valence electrons. The molecule has 1 heterocycles. The average molecular weight is 296 g/mol. The zero-order chi connectivity index (χ0) is 15.0. The van der Waals surface area contributed by atoms with Crippen LogP contribution in [0.15, 0.2) is 24.5 Å². The maximum atomic E-state index is 11.6. The van der Waals surface area contributed by atoms with E-state index in [1.54, 1.807) is 24.5 Å². The van der Waals surface area contributed by atoms with E-state index in [9.17, 15) is 9.59 Å². The van der Waals surface area contributed by atoms with E-state index in [-0.39, 0.29) is 11.9 Å². The fourth-order valence-corrected chi connectivity index (χ4v) is 2.06. The lowest BCUT2D eigenvalue weighted by molar-refractivity contribution is -0.154. The average Bonchev–Trinajstić information content (AvgIpc) is 2.34. The van der Waals surface area contributed by atoms with Crippen LogP contribution in [0.2, 0.25) is 0 Å². The SMILES string of the molecule is CC(C)(C)OC(=O)CCSCC(=O)Nc1ccncc1. The summed E-state index contributed by atoms with van der Waals surface area (Å²) in [7, 11) is 0. The van der Waals surface area contributed by atoms with Gasteiger partial charge in [0.05, 0.1) is 12.2 Å². The third-order valence-electron chi connectivity index (χ3n) is 2.07. The van der Waals surface area contributed by atoms with Gasteiger partial charge >= 0.3 is 5.97 Å². The van der Waals surface area contributed by atoms with Crippen LogP contribution in [-0.2, 0) is 14.3 Å². The van der Waals surface area contributed by atoms with Crippen molar-refractivity contribution in [2.24, 2.45) is 0 Å². The van der Waals surface area contributed by atoms with Crippen molar-refractivity contribution in [2.45, 2.75) is 32.8 Å². The summed E-state index contributed by atoms with van der Waals surface area (Å²) in [5.74, 6) is 0.550. The Bertz CT molecular complexity index is 443. The number of hydrogen-bond acceptors (Lipinski definition) is 5. The van der Waals surface area contributed by atoms with Crippen LogP contribution in [0.3, 0.4) is 0 Å². The Labute approximate surface area is 123 Å². The minimum Gasteiger partial charge on any atom is -0.460 e. The molecular formula is C14H20N2O3S. The van der Waals surface area contributed by atoms with Crippen molar-refractivity contribution in [1.82, 2.24) is 4.98 Å². The van der Waals surface area contributed by atoms with E-state index in [0.717, 1.165) is 5.69 Å². The van der Waals surface area contributed by atoms with Crippen LogP contribution in [0.4, 0.5) is 5.69 Å². The van der Waals surface area contributed by atoms with E-state index in [0.29, 0.717) is 17.9 Å². The smallest absolute Gasteiger partial charge is 0.307 e. The number of amides is 1. The summed E-state index contributed by atoms with van der Waals surface area (Å²) in [5, 5.41) is 2.75. The van der Waals surface area contributed by atoms with Gasteiger partial charge in [-0.05, 0) is 32.9 Å². The number of hydrogen-bond donors (Lipinski definition) is 1. The Kier molecular flexibility index (Phi) is 6.51. The number of pyridine rings is 1. The van der Waals surface area contributed by atoms with Crippen LogP contribution in [0.5, 0.6) is 0 Å². The summed E-state index contributed by atoms with van der Waals surface area (Å²) in [5.41, 5.74) is 0.262. The summed E-state index contributed by atoms with van der Waals surface area (Å²) < 4.78 is 5.18. The number of esters is 1. The predicted molar refractivity (Wildman–Crippen MR) is 80.7 cm³/mol. The molecule has 0 unspecified atom stereocenters. The molecule has 1 N–H and O–H groups in total. The highest BCUT2D eigenvalue weighted by molar-refractivity contribution is 7.99. The molecule has 0 aromatic carbocycles. The number of anilines is 1. The molecule has 5 nitrogen and oxygen atoms in total. The first-order valence-corrected chi connectivity index (χ1v) is 7.52. The molecule has 1 aromatic rings. The molecule has 0 aliphatic rings. The first-order valence-electron chi connectivity index (χ1n) is 6.36. The summed E-state index contributed by atoms with van der Waals surface area (Å²) >= 11 is 1.41. The minimum atomic E-state index is -0.458. The van der Waals surface area contributed by atoms with Crippen molar-refractivity contribution in [3.8, 4) is 0 Å². The molecular weight excluding hydrogens is 276 g/mol. The third kappa shape index (κ3) is 7.78. The highest BCUT2D eigenvalue weighted by atomic mass is 32.2. The van der Waals surface area contributed by atoms with Gasteiger partial charge < -0.3 is 10.1 Å². The van der Waals surface area contributed by atoms with E-state index in [1.807, 2.05) is 20.8 Å². The third-order valence-corrected chi connectivity index (χ3v) is 3.03. The van der Waals surface area contributed by atoms with Crippen LogP contribution in [-0.4, -0.2) is 34.0 Å². The van der Waals surface area contributed by atoms with E-state index >= 15 is 0 Å². The number of thioether (sulfide) groups is 1. The summed E-state index contributed by atoms with van der Waals surface area (Å²) in [4.78, 5) is 26.9. The van der Waals surface area contributed by atoms with Crippen molar-refractivity contribution < 1.29 is 14.3 Å². The number of carbonyl (C=O) groups is 2. The fraction of sp³-hybridized carbons (Fsp3) is 0.500. The molecule has 0 saturated heterocycles. The molecule has 0 radical (unpaired) electrons. The zero-order valence-electron chi connectivity index (χ0n) is 12.0. The van der Waals surface area contributed by atoms with Gasteiger partial charge in [0, 0.05) is 23.8 Å². The number of ether oxygens (including phenoxy) is 1. The van der Waals surface area contributed by atoms with Gasteiger partial charge in [0.25, 0.3) is 0 Å². The fourth-order valence-electron chi connectivity index (χ4n) is 1.35. The number of nitrogens with zero attached hydrogens (tertiary/aromatic N) is 1. The molecule has 20 heavy (non-hydrogen) atoms. The lowest BCUT2D eigenvalue weighted by Crippen LogP contribution is -2.24. The predicted octanol–water partition coefficient (Wildman–Crippen LogP) is 2.49. The molecule has 0 atom stereocenters. The Hall–Kier alpha value is -1.56. The minimum absolute atomic E-state index is 0.0922. The van der Waals surface area contributed by atoms with Gasteiger partial charge in [-0.2, -0.15) is 11.8 Å². The second kappa shape index (κ2) is 7.89. The van der Waals surface area contributed by atoms with Crippen LogP contribution in [0.25, 0.3) is 0 Å². The maximum absolute atomic E-state index is 11.6. The Morgan fingerprint density at radius 3 is 2.55 bits per heavy atom. The van der Waals surface area contributed by atoms with E-state index in [2.05, 4.69) is 10.3 Å². The van der Waals surface area contributed by atoms with Crippen LogP contribution < -0.4 is 5.32 Å². The largest absolute Gasteiger partial charge is 0.460 e. The van der Waals surface area contributed by atoms with Gasteiger partial charge in [0.15, 0.2) is 0 Å². The second-order valence-corrected chi connectivity index (χ2v) is 6.28. The van der Waals surface area contributed by atoms with Crippen molar-refractivity contribution in [1.29, 1.82) is 0 Å². The van der Waals surface area contributed by atoms with Crippen molar-refractivity contribution in [2.75, 3.05) is 16.8 Å². The number of nitrogens with one attached hydrogen (secondary N) is 1. The maximum Gasteiger partial charge on any atom is 0.307 e. The molecule has 0 bridgehead atoms. The number of rotatable bonds is 6. The van der Waals surface area contributed by atoms with E-state index in [4.69, 9.17) is 4.74 Å². The molecule has 1 amide bonds. The molecule has 0 aliphatic heterocycles. The normalized spacial score (nSPS) is 10.9. The highest BCUT2D eigenvalue weighted by Gasteiger charge is 2.15. The van der Waals surface area contributed by atoms with Crippen molar-refractivity contribution >= 4 is 29.3 Å². The molecule has 0 fully saturated rings.